The Balaban J connectivity index is 1.93. The standard InChI is InChI=1S/C25H21F3N2O2S/c1-3-7-22-29-23(20-12-6-13-21(24(20)30-22)25(26,27)28)18-10-4-8-16(14-18)17-9-5-11-19(15-17)33(2,31)32/h4-6,8-15H,3,7H2,1-2H3. The lowest BCUT2D eigenvalue weighted by molar-refractivity contribution is -0.136. The van der Waals surface area contributed by atoms with E-state index in [2.05, 4.69) is 9.97 Å². The third kappa shape index (κ3) is 4.75. The molecule has 0 spiro atoms. The number of hydrogen-bond acceptors (Lipinski definition) is 4. The van der Waals surface area contributed by atoms with Gasteiger partial charge in [0.25, 0.3) is 0 Å². The SMILES string of the molecule is CCCc1nc(-c2cccc(-c3cccc(S(C)(=O)=O)c3)c2)c2cccc(C(F)(F)F)c2n1. The van der Waals surface area contributed by atoms with Crippen LogP contribution >= 0.6 is 0 Å². The number of nitrogens with zero attached hydrogens (tertiary/aromatic N) is 2. The van der Waals surface area contributed by atoms with Crippen LogP contribution in [0.4, 0.5) is 13.2 Å². The minimum Gasteiger partial charge on any atom is -0.232 e. The maximum atomic E-state index is 13.7. The second kappa shape index (κ2) is 8.59. The molecule has 3 aromatic carbocycles. The fourth-order valence-corrected chi connectivity index (χ4v) is 4.40. The molecule has 4 aromatic rings. The van der Waals surface area contributed by atoms with Crippen LogP contribution in [0.3, 0.4) is 0 Å². The molecule has 0 atom stereocenters. The van der Waals surface area contributed by atoms with Gasteiger partial charge in [-0.3, -0.25) is 0 Å². The van der Waals surface area contributed by atoms with Gasteiger partial charge < -0.3 is 0 Å². The highest BCUT2D eigenvalue weighted by Crippen LogP contribution is 2.37. The van der Waals surface area contributed by atoms with Gasteiger partial charge in [0, 0.05) is 23.6 Å². The number of sulfone groups is 1. The van der Waals surface area contributed by atoms with Crippen molar-refractivity contribution >= 4 is 20.7 Å². The molecule has 0 unspecified atom stereocenters. The van der Waals surface area contributed by atoms with Gasteiger partial charge in [0.2, 0.25) is 0 Å². The average Bonchev–Trinajstić information content (AvgIpc) is 2.77. The van der Waals surface area contributed by atoms with E-state index >= 15 is 0 Å². The van der Waals surface area contributed by atoms with Gasteiger partial charge in [-0.05, 0) is 41.8 Å². The Morgan fingerprint density at radius 1 is 0.848 bits per heavy atom. The molecule has 0 N–H and O–H groups in total. The Morgan fingerprint density at radius 2 is 1.48 bits per heavy atom. The van der Waals surface area contributed by atoms with E-state index in [4.69, 9.17) is 0 Å². The van der Waals surface area contributed by atoms with Crippen LogP contribution in [0, 0.1) is 0 Å². The summed E-state index contributed by atoms with van der Waals surface area (Å²) in [6.07, 6.45) is -2.26. The van der Waals surface area contributed by atoms with Crippen molar-refractivity contribution in [1.29, 1.82) is 0 Å². The van der Waals surface area contributed by atoms with Gasteiger partial charge in [0.05, 0.1) is 21.7 Å². The molecule has 0 radical (unpaired) electrons. The number of hydrogen-bond donors (Lipinski definition) is 0. The molecule has 0 aliphatic carbocycles. The first-order valence-corrected chi connectivity index (χ1v) is 12.2. The zero-order valence-corrected chi connectivity index (χ0v) is 18.8. The normalized spacial score (nSPS) is 12.3. The summed E-state index contributed by atoms with van der Waals surface area (Å²) in [5.74, 6) is 0.348. The second-order valence-corrected chi connectivity index (χ2v) is 9.83. The van der Waals surface area contributed by atoms with Gasteiger partial charge in [0.15, 0.2) is 9.84 Å². The molecule has 1 heterocycles. The van der Waals surface area contributed by atoms with Gasteiger partial charge in [0.1, 0.15) is 5.82 Å². The third-order valence-corrected chi connectivity index (χ3v) is 6.39. The molecule has 0 saturated heterocycles. The first-order chi connectivity index (χ1) is 15.6. The van der Waals surface area contributed by atoms with Crippen molar-refractivity contribution in [1.82, 2.24) is 9.97 Å². The van der Waals surface area contributed by atoms with Crippen molar-refractivity contribution < 1.29 is 21.6 Å². The number of para-hydroxylation sites is 1. The summed E-state index contributed by atoms with van der Waals surface area (Å²) in [4.78, 5) is 9.03. The number of alkyl halides is 3. The predicted molar refractivity (Wildman–Crippen MR) is 123 cm³/mol. The van der Waals surface area contributed by atoms with Crippen molar-refractivity contribution in [2.45, 2.75) is 30.8 Å². The predicted octanol–water partition coefficient (Wildman–Crippen LogP) is 6.34. The van der Waals surface area contributed by atoms with Crippen molar-refractivity contribution in [3.63, 3.8) is 0 Å². The summed E-state index contributed by atoms with van der Waals surface area (Å²) in [5, 5.41) is 0.312. The van der Waals surface area contributed by atoms with Crippen LogP contribution in [0.2, 0.25) is 0 Å². The fourth-order valence-electron chi connectivity index (χ4n) is 3.73. The molecule has 0 aliphatic rings. The Hall–Kier alpha value is -3.26. The highest BCUT2D eigenvalue weighted by atomic mass is 32.2. The Kier molecular flexibility index (Phi) is 5.97. The van der Waals surface area contributed by atoms with E-state index in [-0.39, 0.29) is 10.4 Å². The van der Waals surface area contributed by atoms with Crippen LogP contribution in [-0.4, -0.2) is 24.6 Å². The van der Waals surface area contributed by atoms with Crippen molar-refractivity contribution in [2.24, 2.45) is 0 Å². The average molecular weight is 471 g/mol. The number of rotatable bonds is 5. The molecule has 0 amide bonds. The number of halogens is 3. The van der Waals surface area contributed by atoms with Crippen molar-refractivity contribution in [2.75, 3.05) is 6.26 Å². The van der Waals surface area contributed by atoms with E-state index in [0.717, 1.165) is 17.9 Å². The molecule has 0 bridgehead atoms. The fraction of sp³-hybridized carbons (Fsp3) is 0.200. The topological polar surface area (TPSA) is 59.9 Å². The highest BCUT2D eigenvalue weighted by molar-refractivity contribution is 7.90. The van der Waals surface area contributed by atoms with E-state index in [0.29, 0.717) is 40.9 Å². The first-order valence-electron chi connectivity index (χ1n) is 10.4. The largest absolute Gasteiger partial charge is 0.418 e. The molecular weight excluding hydrogens is 449 g/mol. The van der Waals surface area contributed by atoms with Gasteiger partial charge in [-0.15, -0.1) is 0 Å². The van der Waals surface area contributed by atoms with Crippen molar-refractivity contribution in [3.8, 4) is 22.4 Å². The lowest BCUT2D eigenvalue weighted by Gasteiger charge is -2.14. The van der Waals surface area contributed by atoms with Crippen molar-refractivity contribution in [3.05, 3.63) is 78.1 Å². The summed E-state index contributed by atoms with van der Waals surface area (Å²) in [6.45, 7) is 1.91. The zero-order valence-electron chi connectivity index (χ0n) is 18.0. The minimum absolute atomic E-state index is 0.122. The Labute approximate surface area is 190 Å². The van der Waals surface area contributed by atoms with Crippen LogP contribution in [0.15, 0.2) is 71.6 Å². The Bertz CT molecular complexity index is 1450. The first kappa shape index (κ1) is 22.9. The summed E-state index contributed by atoms with van der Waals surface area (Å²) in [6, 6.07) is 17.7. The highest BCUT2D eigenvalue weighted by Gasteiger charge is 2.33. The number of aromatic nitrogens is 2. The van der Waals surface area contributed by atoms with E-state index < -0.39 is 21.6 Å². The molecule has 0 saturated carbocycles. The molecule has 33 heavy (non-hydrogen) atoms. The molecule has 0 fully saturated rings. The van der Waals surface area contributed by atoms with Gasteiger partial charge in [-0.25, -0.2) is 18.4 Å². The Morgan fingerprint density at radius 3 is 2.15 bits per heavy atom. The van der Waals surface area contributed by atoms with E-state index in [9.17, 15) is 21.6 Å². The summed E-state index contributed by atoms with van der Waals surface area (Å²) >= 11 is 0. The summed E-state index contributed by atoms with van der Waals surface area (Å²) in [7, 11) is -3.38. The van der Waals surface area contributed by atoms with Crippen LogP contribution in [-0.2, 0) is 22.4 Å². The maximum Gasteiger partial charge on any atom is 0.418 e. The molecule has 8 heteroatoms. The molecule has 1 aromatic heterocycles. The molecule has 0 aliphatic heterocycles. The lowest BCUT2D eigenvalue weighted by Crippen LogP contribution is -2.09. The van der Waals surface area contributed by atoms with Crippen LogP contribution in [0.1, 0.15) is 24.7 Å². The van der Waals surface area contributed by atoms with Crippen LogP contribution in [0.5, 0.6) is 0 Å². The second-order valence-electron chi connectivity index (χ2n) is 7.82. The molecule has 4 nitrogen and oxygen atoms in total. The minimum atomic E-state index is -4.54. The summed E-state index contributed by atoms with van der Waals surface area (Å²) < 4.78 is 64.9. The van der Waals surface area contributed by atoms with Gasteiger partial charge in [-0.1, -0.05) is 49.4 Å². The van der Waals surface area contributed by atoms with Gasteiger partial charge in [-0.2, -0.15) is 13.2 Å². The van der Waals surface area contributed by atoms with Gasteiger partial charge >= 0.3 is 6.18 Å². The van der Waals surface area contributed by atoms with E-state index in [1.54, 1.807) is 42.5 Å². The van der Waals surface area contributed by atoms with Crippen LogP contribution < -0.4 is 0 Å². The zero-order chi connectivity index (χ0) is 23.8. The van der Waals surface area contributed by atoms with E-state index in [1.165, 1.54) is 12.1 Å². The quantitative estimate of drug-likeness (QED) is 0.342. The third-order valence-electron chi connectivity index (χ3n) is 5.28. The summed E-state index contributed by atoms with van der Waals surface area (Å²) in [5.41, 5.74) is 1.54. The molecular formula is C25H21F3N2O2S. The number of benzene rings is 3. The molecule has 170 valence electrons. The monoisotopic (exact) mass is 470 g/mol. The van der Waals surface area contributed by atoms with Crippen LogP contribution in [0.25, 0.3) is 33.3 Å². The molecule has 4 rings (SSSR count). The van der Waals surface area contributed by atoms with E-state index in [1.807, 2.05) is 13.0 Å². The number of fused-ring (bicyclic) bond motifs is 1. The smallest absolute Gasteiger partial charge is 0.232 e. The maximum absolute atomic E-state index is 13.7. The lowest BCUT2D eigenvalue weighted by atomic mass is 9.98. The number of aryl methyl sites for hydroxylation is 1.